The maximum Gasteiger partial charge on any atom is 0.138 e. The molecule has 5 rings (SSSR count). The van der Waals surface area contributed by atoms with Crippen LogP contribution in [0, 0.1) is 5.82 Å². The maximum absolute atomic E-state index is 13.4. The van der Waals surface area contributed by atoms with E-state index >= 15 is 0 Å². The Bertz CT molecular complexity index is 1610. The standard InChI is InChI=1S/C32H32ClFN4O2S/c1-3-35-28(13-14-41-2)31-12-11-29(40-31)23-8-9-27-25(17-23)32(38-20-37-27)36-18-21-7-10-30(26(33)16-21)39-19-22-5-4-6-24(34)15-22/h4-12,15-17,20,28,35H,3,13-14,18-19H2,1-2H3,(H,36,37,38). The van der Waals surface area contributed by atoms with E-state index < -0.39 is 0 Å². The zero-order chi connectivity index (χ0) is 28.6. The highest BCUT2D eigenvalue weighted by Gasteiger charge is 2.16. The molecule has 0 aliphatic heterocycles. The van der Waals surface area contributed by atoms with Gasteiger partial charge in [-0.1, -0.05) is 36.7 Å². The number of fused-ring (bicyclic) bond motifs is 1. The van der Waals surface area contributed by atoms with E-state index in [-0.39, 0.29) is 18.5 Å². The Kier molecular flexibility index (Phi) is 9.77. The van der Waals surface area contributed by atoms with Crippen LogP contribution in [0.2, 0.25) is 5.02 Å². The van der Waals surface area contributed by atoms with E-state index in [1.165, 1.54) is 12.1 Å². The highest BCUT2D eigenvalue weighted by atomic mass is 35.5. The molecule has 0 aliphatic rings. The lowest BCUT2D eigenvalue weighted by Gasteiger charge is -2.14. The van der Waals surface area contributed by atoms with Gasteiger partial charge in [0.1, 0.15) is 41.8 Å². The molecule has 0 saturated heterocycles. The van der Waals surface area contributed by atoms with E-state index in [2.05, 4.69) is 45.9 Å². The molecule has 2 aromatic heterocycles. The van der Waals surface area contributed by atoms with Crippen LogP contribution in [-0.2, 0) is 13.2 Å². The lowest BCUT2D eigenvalue weighted by Crippen LogP contribution is -2.20. The summed E-state index contributed by atoms with van der Waals surface area (Å²) in [5.74, 6) is 3.78. The first kappa shape index (κ1) is 28.9. The molecule has 2 heterocycles. The van der Waals surface area contributed by atoms with Crippen molar-refractivity contribution in [2.75, 3.05) is 23.9 Å². The Hall–Kier alpha value is -3.59. The van der Waals surface area contributed by atoms with Crippen LogP contribution in [0.25, 0.3) is 22.2 Å². The van der Waals surface area contributed by atoms with Crippen molar-refractivity contribution >= 4 is 40.1 Å². The van der Waals surface area contributed by atoms with Crippen LogP contribution in [0.1, 0.15) is 36.3 Å². The summed E-state index contributed by atoms with van der Waals surface area (Å²) < 4.78 is 25.5. The second-order valence-corrected chi connectivity index (χ2v) is 11.0. The van der Waals surface area contributed by atoms with Gasteiger partial charge in [0.15, 0.2) is 0 Å². The average Bonchev–Trinajstić information content (AvgIpc) is 3.48. The zero-order valence-corrected chi connectivity index (χ0v) is 24.6. The number of nitrogens with one attached hydrogen (secondary N) is 2. The van der Waals surface area contributed by atoms with Gasteiger partial charge in [0.05, 0.1) is 16.6 Å². The van der Waals surface area contributed by atoms with Gasteiger partial charge in [-0.25, -0.2) is 14.4 Å². The summed E-state index contributed by atoms with van der Waals surface area (Å²) in [7, 11) is 0. The number of nitrogens with zero attached hydrogens (tertiary/aromatic N) is 2. The number of anilines is 1. The Morgan fingerprint density at radius 2 is 1.93 bits per heavy atom. The normalized spacial score (nSPS) is 12.0. The summed E-state index contributed by atoms with van der Waals surface area (Å²) in [5.41, 5.74) is 3.50. The molecule has 9 heteroatoms. The predicted molar refractivity (Wildman–Crippen MR) is 166 cm³/mol. The van der Waals surface area contributed by atoms with Crippen molar-refractivity contribution in [1.82, 2.24) is 15.3 Å². The summed E-state index contributed by atoms with van der Waals surface area (Å²) in [5, 5.41) is 8.33. The Balaban J connectivity index is 1.29. The fraction of sp³-hybridized carbons (Fsp3) is 0.250. The SMILES string of the molecule is CCNC(CCSC)c1ccc(-c2ccc3ncnc(NCc4ccc(OCc5cccc(F)c5)c(Cl)c4)c3c2)o1. The molecule has 0 spiro atoms. The highest BCUT2D eigenvalue weighted by molar-refractivity contribution is 7.98. The Morgan fingerprint density at radius 1 is 1.02 bits per heavy atom. The monoisotopic (exact) mass is 590 g/mol. The van der Waals surface area contributed by atoms with Crippen molar-refractivity contribution in [3.8, 4) is 17.1 Å². The van der Waals surface area contributed by atoms with Crippen LogP contribution in [0.5, 0.6) is 5.75 Å². The van der Waals surface area contributed by atoms with E-state index in [1.807, 2.05) is 54.2 Å². The van der Waals surface area contributed by atoms with Crippen LogP contribution in [0.4, 0.5) is 10.2 Å². The molecule has 3 aromatic carbocycles. The van der Waals surface area contributed by atoms with Crippen molar-refractivity contribution in [2.45, 2.75) is 32.5 Å². The molecule has 0 aliphatic carbocycles. The third-order valence-corrected chi connectivity index (χ3v) is 7.63. The molecule has 6 nitrogen and oxygen atoms in total. The second-order valence-electron chi connectivity index (χ2n) is 9.58. The maximum atomic E-state index is 13.4. The number of ether oxygens (including phenoxy) is 1. The predicted octanol–water partition coefficient (Wildman–Crippen LogP) is 8.28. The Morgan fingerprint density at radius 3 is 2.73 bits per heavy atom. The number of hydrogen-bond acceptors (Lipinski definition) is 7. The number of benzene rings is 3. The molecule has 1 unspecified atom stereocenters. The fourth-order valence-corrected chi connectivity index (χ4v) is 5.35. The summed E-state index contributed by atoms with van der Waals surface area (Å²) in [6.07, 6.45) is 4.68. The first-order chi connectivity index (χ1) is 20.0. The van der Waals surface area contributed by atoms with Crippen molar-refractivity contribution in [3.05, 3.63) is 107 Å². The van der Waals surface area contributed by atoms with Crippen LogP contribution in [0.15, 0.2) is 83.5 Å². The lowest BCUT2D eigenvalue weighted by atomic mass is 10.1. The van der Waals surface area contributed by atoms with E-state index in [4.69, 9.17) is 20.8 Å². The summed E-state index contributed by atoms with van der Waals surface area (Å²) in [6.45, 7) is 3.73. The highest BCUT2D eigenvalue weighted by Crippen LogP contribution is 2.32. The van der Waals surface area contributed by atoms with Crippen LogP contribution in [0.3, 0.4) is 0 Å². The van der Waals surface area contributed by atoms with Gasteiger partial charge in [0.25, 0.3) is 0 Å². The minimum absolute atomic E-state index is 0.187. The van der Waals surface area contributed by atoms with Gasteiger partial charge in [-0.3, -0.25) is 0 Å². The minimum Gasteiger partial charge on any atom is -0.487 e. The number of rotatable bonds is 13. The van der Waals surface area contributed by atoms with E-state index in [0.29, 0.717) is 17.3 Å². The molecule has 2 N–H and O–H groups in total. The lowest BCUT2D eigenvalue weighted by molar-refractivity contribution is 0.305. The molecule has 212 valence electrons. The van der Waals surface area contributed by atoms with Crippen molar-refractivity contribution in [2.24, 2.45) is 0 Å². The Labute approximate surface area is 248 Å². The van der Waals surface area contributed by atoms with Crippen molar-refractivity contribution in [3.63, 3.8) is 0 Å². The molecule has 0 saturated carbocycles. The van der Waals surface area contributed by atoms with Crippen molar-refractivity contribution < 1.29 is 13.5 Å². The average molecular weight is 591 g/mol. The van der Waals surface area contributed by atoms with Gasteiger partial charge >= 0.3 is 0 Å². The van der Waals surface area contributed by atoms with Gasteiger partial charge in [-0.2, -0.15) is 11.8 Å². The smallest absolute Gasteiger partial charge is 0.138 e. The van der Waals surface area contributed by atoms with Gasteiger partial charge in [0.2, 0.25) is 0 Å². The number of aromatic nitrogens is 2. The second kappa shape index (κ2) is 13.9. The number of furan rings is 1. The first-order valence-electron chi connectivity index (χ1n) is 13.5. The van der Waals surface area contributed by atoms with Crippen LogP contribution >= 0.6 is 23.4 Å². The quantitative estimate of drug-likeness (QED) is 0.143. The topological polar surface area (TPSA) is 72.2 Å². The number of hydrogen-bond donors (Lipinski definition) is 2. The van der Waals surface area contributed by atoms with Gasteiger partial charge < -0.3 is 19.8 Å². The van der Waals surface area contributed by atoms with Gasteiger partial charge in [-0.15, -0.1) is 0 Å². The molecule has 0 fully saturated rings. The molecule has 0 bridgehead atoms. The largest absolute Gasteiger partial charge is 0.487 e. The van der Waals surface area contributed by atoms with E-state index in [9.17, 15) is 4.39 Å². The van der Waals surface area contributed by atoms with Crippen molar-refractivity contribution in [1.29, 1.82) is 0 Å². The minimum atomic E-state index is -0.295. The fourth-order valence-electron chi connectivity index (χ4n) is 4.62. The first-order valence-corrected chi connectivity index (χ1v) is 15.3. The number of halogens is 2. The third-order valence-electron chi connectivity index (χ3n) is 6.69. The molecular formula is C32H32ClFN4O2S. The molecular weight excluding hydrogens is 559 g/mol. The summed E-state index contributed by atoms with van der Waals surface area (Å²) in [6, 6.07) is 22.3. The summed E-state index contributed by atoms with van der Waals surface area (Å²) in [4.78, 5) is 8.95. The van der Waals surface area contributed by atoms with Gasteiger partial charge in [-0.05, 0) is 90.7 Å². The molecule has 41 heavy (non-hydrogen) atoms. The molecule has 5 aromatic rings. The molecule has 0 radical (unpaired) electrons. The van der Waals surface area contributed by atoms with E-state index in [0.717, 1.165) is 63.7 Å². The zero-order valence-electron chi connectivity index (χ0n) is 23.0. The van der Waals surface area contributed by atoms with Crippen LogP contribution in [-0.4, -0.2) is 28.5 Å². The number of thioether (sulfide) groups is 1. The summed E-state index contributed by atoms with van der Waals surface area (Å²) >= 11 is 8.33. The molecule has 0 amide bonds. The molecule has 1 atom stereocenters. The van der Waals surface area contributed by atoms with E-state index in [1.54, 1.807) is 12.4 Å². The van der Waals surface area contributed by atoms with Crippen LogP contribution < -0.4 is 15.4 Å². The third kappa shape index (κ3) is 7.38. The van der Waals surface area contributed by atoms with Gasteiger partial charge in [0, 0.05) is 17.5 Å².